The van der Waals surface area contributed by atoms with Crippen molar-refractivity contribution in [2.75, 3.05) is 5.73 Å². The minimum atomic E-state index is -0.580. The maximum atomic E-state index is 13.6. The fraction of sp³-hybridized carbons (Fsp3) is 0.312. The number of thiophene rings is 1. The Kier molecular flexibility index (Phi) is 4.05. The van der Waals surface area contributed by atoms with Gasteiger partial charge in [-0.25, -0.2) is 9.18 Å². The number of nitrogens with two attached hydrogens (primary N) is 1. The topological polar surface area (TPSA) is 52.3 Å². The van der Waals surface area contributed by atoms with Crippen LogP contribution < -0.4 is 5.73 Å². The normalized spacial score (nSPS) is 11.5. The van der Waals surface area contributed by atoms with E-state index >= 15 is 0 Å². The fourth-order valence-electron chi connectivity index (χ4n) is 1.78. The number of ether oxygens (including phenoxy) is 1. The van der Waals surface area contributed by atoms with Crippen LogP contribution in [0.3, 0.4) is 0 Å². The van der Waals surface area contributed by atoms with E-state index in [1.165, 1.54) is 17.4 Å². The molecule has 3 nitrogen and oxygen atoms in total. The molecule has 5 heteroatoms. The summed E-state index contributed by atoms with van der Waals surface area (Å²) in [4.78, 5) is 13.2. The van der Waals surface area contributed by atoms with Crippen LogP contribution in [-0.2, 0) is 4.74 Å². The second kappa shape index (κ2) is 5.48. The number of benzene rings is 1. The van der Waals surface area contributed by atoms with E-state index in [9.17, 15) is 9.18 Å². The van der Waals surface area contributed by atoms with Crippen molar-refractivity contribution in [2.45, 2.75) is 33.3 Å². The molecule has 0 saturated heterocycles. The van der Waals surface area contributed by atoms with E-state index in [0.717, 1.165) is 4.88 Å². The number of hydrogen-bond donors (Lipinski definition) is 1. The third-order valence-electron chi connectivity index (χ3n) is 2.80. The first kappa shape index (κ1) is 15.5. The maximum Gasteiger partial charge on any atom is 0.350 e. The summed E-state index contributed by atoms with van der Waals surface area (Å²) in [6, 6.07) is 6.63. The van der Waals surface area contributed by atoms with Crippen LogP contribution in [0, 0.1) is 12.7 Å². The first-order chi connectivity index (χ1) is 9.67. The number of nitrogen functional groups attached to an aromatic ring is 1. The Labute approximate surface area is 127 Å². The molecule has 1 aromatic heterocycles. The van der Waals surface area contributed by atoms with Crippen LogP contribution in [0.2, 0.25) is 0 Å². The highest BCUT2D eigenvalue weighted by atomic mass is 32.1. The number of aryl methyl sites for hydroxylation is 1. The molecule has 1 aromatic carbocycles. The standard InChI is InChI=1S/C16H18FNO2S/c1-9-5-6-10(7-11(9)17)13-8-12(18)14(21-13)15(19)20-16(2,3)4/h5-8H,18H2,1-4H3. The van der Waals surface area contributed by atoms with Crippen LogP contribution in [0.1, 0.15) is 36.0 Å². The number of rotatable bonds is 2. The van der Waals surface area contributed by atoms with Crippen LogP contribution in [0.15, 0.2) is 24.3 Å². The van der Waals surface area contributed by atoms with E-state index in [-0.39, 0.29) is 5.82 Å². The molecule has 0 spiro atoms. The molecule has 0 aliphatic heterocycles. The van der Waals surface area contributed by atoms with Gasteiger partial charge >= 0.3 is 5.97 Å². The number of hydrogen-bond acceptors (Lipinski definition) is 4. The molecule has 0 aliphatic rings. The van der Waals surface area contributed by atoms with Crippen molar-refractivity contribution in [1.82, 2.24) is 0 Å². The molecule has 2 N–H and O–H groups in total. The van der Waals surface area contributed by atoms with Crippen LogP contribution in [0.5, 0.6) is 0 Å². The third-order valence-corrected chi connectivity index (χ3v) is 3.98. The first-order valence-corrected chi connectivity index (χ1v) is 7.38. The number of carbonyl (C=O) groups excluding carboxylic acids is 1. The molecule has 0 aliphatic carbocycles. The molecule has 0 unspecified atom stereocenters. The predicted octanol–water partition coefficient (Wildman–Crippen LogP) is 4.40. The Morgan fingerprint density at radius 1 is 1.29 bits per heavy atom. The summed E-state index contributed by atoms with van der Waals surface area (Å²) in [7, 11) is 0. The summed E-state index contributed by atoms with van der Waals surface area (Å²) < 4.78 is 18.9. The highest BCUT2D eigenvalue weighted by molar-refractivity contribution is 7.18. The Morgan fingerprint density at radius 2 is 1.95 bits per heavy atom. The number of esters is 1. The van der Waals surface area contributed by atoms with Gasteiger partial charge in [-0.15, -0.1) is 11.3 Å². The molecule has 0 radical (unpaired) electrons. The zero-order valence-electron chi connectivity index (χ0n) is 12.5. The Hall–Kier alpha value is -1.88. The van der Waals surface area contributed by atoms with Gasteiger partial charge in [0.25, 0.3) is 0 Å². The molecule has 0 saturated carbocycles. The Morgan fingerprint density at radius 3 is 2.52 bits per heavy atom. The zero-order chi connectivity index (χ0) is 15.8. The van der Waals surface area contributed by atoms with Crippen molar-refractivity contribution >= 4 is 23.0 Å². The highest BCUT2D eigenvalue weighted by Crippen LogP contribution is 2.34. The van der Waals surface area contributed by atoms with Gasteiger partial charge in [-0.1, -0.05) is 12.1 Å². The van der Waals surface area contributed by atoms with Gasteiger partial charge in [0, 0.05) is 4.88 Å². The molecule has 2 aromatic rings. The molecule has 0 bridgehead atoms. The molecule has 0 amide bonds. The lowest BCUT2D eigenvalue weighted by atomic mass is 10.1. The molecule has 0 fully saturated rings. The zero-order valence-corrected chi connectivity index (χ0v) is 13.3. The van der Waals surface area contributed by atoms with Gasteiger partial charge in [0.05, 0.1) is 5.69 Å². The fourth-order valence-corrected chi connectivity index (χ4v) is 2.73. The molecule has 2 rings (SSSR count). The van der Waals surface area contributed by atoms with Crippen molar-refractivity contribution in [3.05, 3.63) is 40.5 Å². The summed E-state index contributed by atoms with van der Waals surface area (Å²) in [6.07, 6.45) is 0. The van der Waals surface area contributed by atoms with E-state index in [4.69, 9.17) is 10.5 Å². The summed E-state index contributed by atoms with van der Waals surface area (Å²) in [5, 5.41) is 0. The molecule has 0 atom stereocenters. The van der Waals surface area contributed by atoms with E-state index in [1.54, 1.807) is 39.8 Å². The van der Waals surface area contributed by atoms with E-state index in [1.807, 2.05) is 6.07 Å². The van der Waals surface area contributed by atoms with Gasteiger partial charge < -0.3 is 10.5 Å². The van der Waals surface area contributed by atoms with Crippen molar-refractivity contribution in [2.24, 2.45) is 0 Å². The van der Waals surface area contributed by atoms with Crippen molar-refractivity contribution in [1.29, 1.82) is 0 Å². The average Bonchev–Trinajstić information content (AvgIpc) is 2.73. The maximum absolute atomic E-state index is 13.6. The second-order valence-corrected chi connectivity index (χ2v) is 6.91. The summed E-state index contributed by atoms with van der Waals surface area (Å²) in [6.45, 7) is 7.09. The average molecular weight is 307 g/mol. The van der Waals surface area contributed by atoms with E-state index < -0.39 is 11.6 Å². The number of halogens is 1. The summed E-state index contributed by atoms with van der Waals surface area (Å²) in [5.74, 6) is -0.734. The van der Waals surface area contributed by atoms with Gasteiger partial charge in [0.2, 0.25) is 0 Å². The lowest BCUT2D eigenvalue weighted by Crippen LogP contribution is -2.23. The highest BCUT2D eigenvalue weighted by Gasteiger charge is 2.22. The van der Waals surface area contributed by atoms with Gasteiger partial charge in [-0.3, -0.25) is 0 Å². The Bertz CT molecular complexity index is 686. The predicted molar refractivity (Wildman–Crippen MR) is 84.0 cm³/mol. The third kappa shape index (κ3) is 3.61. The largest absolute Gasteiger partial charge is 0.456 e. The SMILES string of the molecule is Cc1ccc(-c2cc(N)c(C(=O)OC(C)(C)C)s2)cc1F. The monoisotopic (exact) mass is 307 g/mol. The first-order valence-electron chi connectivity index (χ1n) is 6.56. The molecular formula is C16H18FNO2S. The quantitative estimate of drug-likeness (QED) is 0.837. The summed E-state index contributed by atoms with van der Waals surface area (Å²) >= 11 is 1.21. The minimum absolute atomic E-state index is 0.279. The second-order valence-electron chi connectivity index (χ2n) is 5.86. The van der Waals surface area contributed by atoms with Gasteiger partial charge in [0.1, 0.15) is 16.3 Å². The molecule has 21 heavy (non-hydrogen) atoms. The van der Waals surface area contributed by atoms with Crippen molar-refractivity contribution in [3.8, 4) is 10.4 Å². The van der Waals surface area contributed by atoms with E-state index in [2.05, 4.69) is 0 Å². The minimum Gasteiger partial charge on any atom is -0.456 e. The van der Waals surface area contributed by atoms with E-state index in [0.29, 0.717) is 21.7 Å². The molecule has 1 heterocycles. The van der Waals surface area contributed by atoms with Gasteiger partial charge in [-0.2, -0.15) is 0 Å². The lowest BCUT2D eigenvalue weighted by Gasteiger charge is -2.18. The van der Waals surface area contributed by atoms with Crippen LogP contribution >= 0.6 is 11.3 Å². The van der Waals surface area contributed by atoms with Crippen LogP contribution in [0.25, 0.3) is 10.4 Å². The van der Waals surface area contributed by atoms with Crippen LogP contribution in [-0.4, -0.2) is 11.6 Å². The number of carbonyl (C=O) groups is 1. The van der Waals surface area contributed by atoms with Gasteiger partial charge in [0.15, 0.2) is 0 Å². The molecule has 112 valence electrons. The van der Waals surface area contributed by atoms with Gasteiger partial charge in [-0.05, 0) is 51.0 Å². The van der Waals surface area contributed by atoms with Crippen molar-refractivity contribution in [3.63, 3.8) is 0 Å². The smallest absolute Gasteiger partial charge is 0.350 e. The molecular weight excluding hydrogens is 289 g/mol. The summed E-state index contributed by atoms with van der Waals surface area (Å²) in [5.41, 5.74) is 6.93. The van der Waals surface area contributed by atoms with Crippen LogP contribution in [0.4, 0.5) is 10.1 Å². The Balaban J connectivity index is 2.34. The number of anilines is 1. The lowest BCUT2D eigenvalue weighted by molar-refractivity contribution is 0.00764. The van der Waals surface area contributed by atoms with Crippen molar-refractivity contribution < 1.29 is 13.9 Å².